The molecular formula is C13H26N2O. The van der Waals surface area contributed by atoms with E-state index < -0.39 is 5.60 Å². The van der Waals surface area contributed by atoms with Crippen molar-refractivity contribution in [3.8, 4) is 0 Å². The Kier molecular flexibility index (Phi) is 3.30. The van der Waals surface area contributed by atoms with Crippen molar-refractivity contribution in [2.45, 2.75) is 69.6 Å². The Bertz CT molecular complexity index is 238. The average Bonchev–Trinajstić information content (AvgIpc) is 3.13. The van der Waals surface area contributed by atoms with Gasteiger partial charge in [0.1, 0.15) is 0 Å². The molecule has 1 heterocycles. The lowest BCUT2D eigenvalue weighted by molar-refractivity contribution is -0.0845. The standard InChI is InChI=1S/C13H26N2O/c1-3-12(14,4-2)13(16)7-9-15(10-8-13)11-5-6-11/h11,16H,3-10,14H2,1-2H3. The minimum atomic E-state index is -0.637. The molecule has 2 aliphatic rings. The third-order valence-electron chi connectivity index (χ3n) is 4.88. The molecule has 0 bridgehead atoms. The van der Waals surface area contributed by atoms with Gasteiger partial charge in [-0.3, -0.25) is 0 Å². The van der Waals surface area contributed by atoms with E-state index >= 15 is 0 Å². The Balaban J connectivity index is 1.98. The quantitative estimate of drug-likeness (QED) is 0.763. The van der Waals surface area contributed by atoms with Crippen molar-refractivity contribution >= 4 is 0 Å². The van der Waals surface area contributed by atoms with Crippen molar-refractivity contribution in [2.24, 2.45) is 5.73 Å². The fourth-order valence-electron chi connectivity index (χ4n) is 3.10. The van der Waals surface area contributed by atoms with Crippen molar-refractivity contribution < 1.29 is 5.11 Å². The Morgan fingerprint density at radius 3 is 2.12 bits per heavy atom. The van der Waals surface area contributed by atoms with E-state index in [-0.39, 0.29) is 5.54 Å². The van der Waals surface area contributed by atoms with Crippen LogP contribution in [0, 0.1) is 0 Å². The van der Waals surface area contributed by atoms with Crippen molar-refractivity contribution in [2.75, 3.05) is 13.1 Å². The Morgan fingerprint density at radius 2 is 1.75 bits per heavy atom. The maximum atomic E-state index is 10.8. The van der Waals surface area contributed by atoms with Gasteiger partial charge >= 0.3 is 0 Å². The average molecular weight is 226 g/mol. The molecule has 94 valence electrons. The first kappa shape index (κ1) is 12.3. The zero-order chi connectivity index (χ0) is 11.8. The molecule has 3 N–H and O–H groups in total. The van der Waals surface area contributed by atoms with E-state index in [9.17, 15) is 5.11 Å². The molecule has 0 aromatic carbocycles. The lowest BCUT2D eigenvalue weighted by Gasteiger charge is -2.49. The lowest BCUT2D eigenvalue weighted by Crippen LogP contribution is -2.63. The molecule has 0 aromatic heterocycles. The Hall–Kier alpha value is -0.120. The summed E-state index contributed by atoms with van der Waals surface area (Å²) in [4.78, 5) is 2.53. The zero-order valence-corrected chi connectivity index (χ0v) is 10.7. The van der Waals surface area contributed by atoms with Crippen LogP contribution < -0.4 is 5.73 Å². The van der Waals surface area contributed by atoms with Crippen LogP contribution >= 0.6 is 0 Å². The zero-order valence-electron chi connectivity index (χ0n) is 10.7. The van der Waals surface area contributed by atoms with E-state index in [1.54, 1.807) is 0 Å². The highest BCUT2D eigenvalue weighted by Gasteiger charge is 2.48. The molecular weight excluding hydrogens is 200 g/mol. The number of nitrogens with two attached hydrogens (primary N) is 1. The van der Waals surface area contributed by atoms with Crippen LogP contribution in [0.15, 0.2) is 0 Å². The predicted molar refractivity (Wildman–Crippen MR) is 66.3 cm³/mol. The van der Waals surface area contributed by atoms with E-state index in [0.29, 0.717) is 0 Å². The first-order valence-electron chi connectivity index (χ1n) is 6.80. The molecule has 0 amide bonds. The maximum Gasteiger partial charge on any atom is 0.0850 e. The number of nitrogens with zero attached hydrogens (tertiary/aromatic N) is 1. The molecule has 1 saturated carbocycles. The summed E-state index contributed by atoms with van der Waals surface area (Å²) in [6, 6.07) is 0.819. The van der Waals surface area contributed by atoms with Gasteiger partial charge in [-0.25, -0.2) is 0 Å². The van der Waals surface area contributed by atoms with Gasteiger partial charge in [0, 0.05) is 24.7 Å². The molecule has 0 aromatic rings. The van der Waals surface area contributed by atoms with E-state index in [0.717, 1.165) is 44.8 Å². The van der Waals surface area contributed by atoms with E-state index in [4.69, 9.17) is 5.73 Å². The van der Waals surface area contributed by atoms with Gasteiger partial charge in [-0.15, -0.1) is 0 Å². The van der Waals surface area contributed by atoms with Crippen LogP contribution in [-0.2, 0) is 0 Å². The smallest absolute Gasteiger partial charge is 0.0850 e. The second kappa shape index (κ2) is 4.28. The van der Waals surface area contributed by atoms with Crippen molar-refractivity contribution in [3.05, 3.63) is 0 Å². The van der Waals surface area contributed by atoms with Crippen LogP contribution in [0.3, 0.4) is 0 Å². The van der Waals surface area contributed by atoms with Crippen LogP contribution in [0.1, 0.15) is 52.4 Å². The lowest BCUT2D eigenvalue weighted by atomic mass is 9.71. The van der Waals surface area contributed by atoms with Crippen molar-refractivity contribution in [1.82, 2.24) is 4.90 Å². The maximum absolute atomic E-state index is 10.8. The minimum Gasteiger partial charge on any atom is -0.388 e. The third kappa shape index (κ3) is 2.01. The summed E-state index contributed by atoms with van der Waals surface area (Å²) in [5.41, 5.74) is 5.35. The first-order chi connectivity index (χ1) is 7.54. The predicted octanol–water partition coefficient (Wildman–Crippen LogP) is 1.49. The highest BCUT2D eigenvalue weighted by molar-refractivity contribution is 5.05. The van der Waals surface area contributed by atoms with Gasteiger partial charge in [0.25, 0.3) is 0 Å². The molecule has 3 heteroatoms. The monoisotopic (exact) mass is 226 g/mol. The second-order valence-electron chi connectivity index (χ2n) is 5.66. The van der Waals surface area contributed by atoms with Crippen LogP contribution in [0.25, 0.3) is 0 Å². The van der Waals surface area contributed by atoms with Crippen LogP contribution in [0.2, 0.25) is 0 Å². The number of rotatable bonds is 4. The summed E-state index contributed by atoms with van der Waals surface area (Å²) in [7, 11) is 0. The first-order valence-corrected chi connectivity index (χ1v) is 6.80. The summed E-state index contributed by atoms with van der Waals surface area (Å²) in [6.45, 7) is 6.24. The van der Waals surface area contributed by atoms with Gasteiger partial charge < -0.3 is 15.7 Å². The second-order valence-corrected chi connectivity index (χ2v) is 5.66. The summed E-state index contributed by atoms with van der Waals surface area (Å²) in [6.07, 6.45) is 6.14. The topological polar surface area (TPSA) is 49.5 Å². The Labute approximate surface area is 99.0 Å². The molecule has 1 saturated heterocycles. The molecule has 3 nitrogen and oxygen atoms in total. The molecule has 2 rings (SSSR count). The van der Waals surface area contributed by atoms with Gasteiger partial charge in [0.05, 0.1) is 5.60 Å². The SMILES string of the molecule is CCC(N)(CC)C1(O)CCN(C2CC2)CC1. The van der Waals surface area contributed by atoms with E-state index in [1.807, 2.05) is 0 Å². The molecule has 2 fully saturated rings. The fourth-order valence-corrected chi connectivity index (χ4v) is 3.10. The molecule has 0 radical (unpaired) electrons. The van der Waals surface area contributed by atoms with Crippen LogP contribution in [0.5, 0.6) is 0 Å². The van der Waals surface area contributed by atoms with E-state index in [2.05, 4.69) is 18.7 Å². The molecule has 0 spiro atoms. The van der Waals surface area contributed by atoms with Gasteiger partial charge in [-0.2, -0.15) is 0 Å². The number of hydrogen-bond donors (Lipinski definition) is 2. The Morgan fingerprint density at radius 1 is 1.25 bits per heavy atom. The summed E-state index contributed by atoms with van der Waals surface area (Å²) >= 11 is 0. The van der Waals surface area contributed by atoms with Crippen LogP contribution in [-0.4, -0.2) is 40.3 Å². The number of hydrogen-bond acceptors (Lipinski definition) is 3. The largest absolute Gasteiger partial charge is 0.388 e. The molecule has 0 atom stereocenters. The molecule has 16 heavy (non-hydrogen) atoms. The van der Waals surface area contributed by atoms with E-state index in [1.165, 1.54) is 12.8 Å². The summed E-state index contributed by atoms with van der Waals surface area (Å²) < 4.78 is 0. The van der Waals surface area contributed by atoms with Crippen molar-refractivity contribution in [3.63, 3.8) is 0 Å². The molecule has 1 aliphatic carbocycles. The summed E-state index contributed by atoms with van der Waals surface area (Å²) in [5.74, 6) is 0. The van der Waals surface area contributed by atoms with Gasteiger partial charge in [-0.1, -0.05) is 13.8 Å². The van der Waals surface area contributed by atoms with Crippen molar-refractivity contribution in [1.29, 1.82) is 0 Å². The van der Waals surface area contributed by atoms with Gasteiger partial charge in [0.15, 0.2) is 0 Å². The molecule has 1 aliphatic heterocycles. The normalized spacial score (nSPS) is 27.0. The highest BCUT2D eigenvalue weighted by Crippen LogP contribution is 2.38. The summed E-state index contributed by atoms with van der Waals surface area (Å²) in [5, 5.41) is 10.8. The molecule has 0 unspecified atom stereocenters. The minimum absolute atomic E-state index is 0.386. The third-order valence-corrected chi connectivity index (χ3v) is 4.88. The number of piperidine rings is 1. The fraction of sp³-hybridized carbons (Fsp3) is 1.00. The van der Waals surface area contributed by atoms with Gasteiger partial charge in [0.2, 0.25) is 0 Å². The number of aliphatic hydroxyl groups is 1. The van der Waals surface area contributed by atoms with Crippen LogP contribution in [0.4, 0.5) is 0 Å². The highest BCUT2D eigenvalue weighted by atomic mass is 16.3. The number of likely N-dealkylation sites (tertiary alicyclic amines) is 1. The van der Waals surface area contributed by atoms with Gasteiger partial charge in [-0.05, 0) is 38.5 Å².